The summed E-state index contributed by atoms with van der Waals surface area (Å²) >= 11 is 0. The maximum atomic E-state index is 14.6. The van der Waals surface area contributed by atoms with Gasteiger partial charge in [0.2, 0.25) is 0 Å². The second-order valence-corrected chi connectivity index (χ2v) is 8.05. The summed E-state index contributed by atoms with van der Waals surface area (Å²) in [6.07, 6.45) is 0.484. The molecule has 3 aromatic rings. The van der Waals surface area contributed by atoms with Crippen molar-refractivity contribution >= 4 is 11.6 Å². The lowest BCUT2D eigenvalue weighted by Gasteiger charge is -2.25. The van der Waals surface area contributed by atoms with Crippen molar-refractivity contribution < 1.29 is 9.18 Å². The smallest absolute Gasteiger partial charge is 0.257 e. The first kappa shape index (κ1) is 20.9. The van der Waals surface area contributed by atoms with Gasteiger partial charge in [0, 0.05) is 18.5 Å². The Labute approximate surface area is 182 Å². The van der Waals surface area contributed by atoms with Crippen LogP contribution in [-0.2, 0) is 11.3 Å². The molecule has 0 spiro atoms. The molecule has 0 saturated carbocycles. The fraction of sp³-hybridized carbons (Fsp3) is 0.231. The predicted octanol–water partition coefficient (Wildman–Crippen LogP) is 4.94. The highest BCUT2D eigenvalue weighted by Crippen LogP contribution is 2.34. The van der Waals surface area contributed by atoms with Crippen LogP contribution < -0.4 is 0 Å². The summed E-state index contributed by atoms with van der Waals surface area (Å²) in [5, 5.41) is 6.12. The van der Waals surface area contributed by atoms with Gasteiger partial charge in [0.1, 0.15) is 5.82 Å². The lowest BCUT2D eigenvalue weighted by molar-refractivity contribution is -0.134. The number of carbonyl (C=O) groups is 1. The fourth-order valence-corrected chi connectivity index (χ4v) is 3.90. The summed E-state index contributed by atoms with van der Waals surface area (Å²) in [4.78, 5) is 15.2. The summed E-state index contributed by atoms with van der Waals surface area (Å²) in [5.41, 5.74) is 4.54. The molecule has 31 heavy (non-hydrogen) atoms. The molecule has 1 unspecified atom stereocenters. The Bertz CT molecular complexity index is 1080. The van der Waals surface area contributed by atoms with Crippen LogP contribution in [0.1, 0.15) is 34.7 Å². The molecule has 0 bridgehead atoms. The van der Waals surface area contributed by atoms with Crippen LogP contribution in [0.25, 0.3) is 0 Å². The first-order valence-corrected chi connectivity index (χ1v) is 10.4. The third kappa shape index (κ3) is 4.89. The Morgan fingerprint density at radius 3 is 2.42 bits per heavy atom. The van der Waals surface area contributed by atoms with E-state index in [4.69, 9.17) is 0 Å². The lowest BCUT2D eigenvalue weighted by atomic mass is 9.97. The molecule has 4 nitrogen and oxygen atoms in total. The van der Waals surface area contributed by atoms with Crippen LogP contribution in [0.15, 0.2) is 84.0 Å². The minimum atomic E-state index is -0.449. The number of amides is 1. The highest BCUT2D eigenvalue weighted by Gasteiger charge is 2.34. The maximum absolute atomic E-state index is 14.6. The summed E-state index contributed by atoms with van der Waals surface area (Å²) in [6.45, 7) is 2.88. The third-order valence-corrected chi connectivity index (χ3v) is 5.52. The SMILES string of the molecule is Cc1ccc(C2=NN(C(=O)CN(C)Cc3ccccc3)C(c3ccccc3F)C2)cc1. The molecular formula is C26H26FN3O. The average molecular weight is 416 g/mol. The molecule has 1 heterocycles. The van der Waals surface area contributed by atoms with Crippen LogP contribution in [-0.4, -0.2) is 35.1 Å². The van der Waals surface area contributed by atoms with E-state index in [-0.39, 0.29) is 18.3 Å². The zero-order valence-corrected chi connectivity index (χ0v) is 17.8. The largest absolute Gasteiger partial charge is 0.293 e. The van der Waals surface area contributed by atoms with Crippen molar-refractivity contribution in [1.29, 1.82) is 0 Å². The van der Waals surface area contributed by atoms with Crippen molar-refractivity contribution in [2.45, 2.75) is 25.9 Å². The molecule has 1 amide bonds. The monoisotopic (exact) mass is 415 g/mol. The fourth-order valence-electron chi connectivity index (χ4n) is 3.90. The van der Waals surface area contributed by atoms with Gasteiger partial charge in [0.05, 0.1) is 18.3 Å². The van der Waals surface area contributed by atoms with Crippen LogP contribution in [0.3, 0.4) is 0 Å². The van der Waals surface area contributed by atoms with Gasteiger partial charge in [-0.25, -0.2) is 9.40 Å². The summed E-state index contributed by atoms with van der Waals surface area (Å²) in [6, 6.07) is 24.2. The maximum Gasteiger partial charge on any atom is 0.257 e. The van der Waals surface area contributed by atoms with Gasteiger partial charge < -0.3 is 0 Å². The van der Waals surface area contributed by atoms with Crippen LogP contribution in [0.4, 0.5) is 4.39 Å². The highest BCUT2D eigenvalue weighted by molar-refractivity contribution is 6.03. The minimum absolute atomic E-state index is 0.145. The van der Waals surface area contributed by atoms with Crippen LogP contribution in [0, 0.1) is 12.7 Å². The van der Waals surface area contributed by atoms with Crippen molar-refractivity contribution in [3.8, 4) is 0 Å². The van der Waals surface area contributed by atoms with E-state index in [1.807, 2.05) is 73.5 Å². The molecule has 4 rings (SSSR count). The molecule has 0 N–H and O–H groups in total. The highest BCUT2D eigenvalue weighted by atomic mass is 19.1. The molecule has 0 saturated heterocycles. The Morgan fingerprint density at radius 1 is 1.03 bits per heavy atom. The van der Waals surface area contributed by atoms with Crippen LogP contribution in [0.2, 0.25) is 0 Å². The Kier molecular flexibility index (Phi) is 6.23. The molecule has 158 valence electrons. The van der Waals surface area contributed by atoms with Gasteiger partial charge in [-0.15, -0.1) is 0 Å². The van der Waals surface area contributed by atoms with Crippen molar-refractivity contribution in [1.82, 2.24) is 9.91 Å². The van der Waals surface area contributed by atoms with Crippen LogP contribution in [0.5, 0.6) is 0 Å². The van der Waals surface area contributed by atoms with E-state index in [2.05, 4.69) is 5.10 Å². The molecule has 5 heteroatoms. The van der Waals surface area contributed by atoms with Gasteiger partial charge in [-0.2, -0.15) is 5.10 Å². The second kappa shape index (κ2) is 9.23. The van der Waals surface area contributed by atoms with Gasteiger partial charge in [0.25, 0.3) is 5.91 Å². The first-order valence-electron chi connectivity index (χ1n) is 10.4. The average Bonchev–Trinajstić information content (AvgIpc) is 3.20. The number of hydrogen-bond donors (Lipinski definition) is 0. The van der Waals surface area contributed by atoms with E-state index >= 15 is 0 Å². The van der Waals surface area contributed by atoms with Gasteiger partial charge in [0.15, 0.2) is 0 Å². The Morgan fingerprint density at radius 2 is 1.71 bits per heavy atom. The number of rotatable bonds is 6. The molecule has 1 aliphatic rings. The van der Waals surface area contributed by atoms with E-state index in [0.29, 0.717) is 18.5 Å². The van der Waals surface area contributed by atoms with E-state index < -0.39 is 6.04 Å². The summed E-state index contributed by atoms with van der Waals surface area (Å²) in [7, 11) is 1.91. The molecule has 1 atom stereocenters. The van der Waals surface area contributed by atoms with Gasteiger partial charge in [-0.1, -0.05) is 78.4 Å². The Hall–Kier alpha value is -3.31. The number of benzene rings is 3. The molecule has 0 fully saturated rings. The molecule has 0 radical (unpaired) electrons. The number of carbonyl (C=O) groups excluding carboxylic acids is 1. The number of likely N-dealkylation sites (N-methyl/N-ethyl adjacent to an activating group) is 1. The van der Waals surface area contributed by atoms with E-state index in [1.54, 1.807) is 18.2 Å². The second-order valence-electron chi connectivity index (χ2n) is 8.05. The number of aryl methyl sites for hydroxylation is 1. The minimum Gasteiger partial charge on any atom is -0.293 e. The van der Waals surface area contributed by atoms with Crippen molar-refractivity contribution in [2.75, 3.05) is 13.6 Å². The topological polar surface area (TPSA) is 35.9 Å². The standard InChI is InChI=1S/C26H26FN3O/c1-19-12-14-21(15-13-19)24-16-25(22-10-6-7-11-23(22)27)30(28-24)26(31)18-29(2)17-20-8-4-3-5-9-20/h3-15,25H,16-18H2,1-2H3. The van der Waals surface area contributed by atoms with E-state index in [9.17, 15) is 9.18 Å². The third-order valence-electron chi connectivity index (χ3n) is 5.52. The van der Waals surface area contributed by atoms with Gasteiger partial charge in [-0.3, -0.25) is 9.69 Å². The van der Waals surface area contributed by atoms with E-state index in [0.717, 1.165) is 22.4 Å². The summed E-state index contributed by atoms with van der Waals surface area (Å²) in [5.74, 6) is -0.461. The van der Waals surface area contributed by atoms with Crippen molar-refractivity contribution in [3.05, 3.63) is 107 Å². The Balaban J connectivity index is 1.57. The molecule has 3 aromatic carbocycles. The van der Waals surface area contributed by atoms with Gasteiger partial charge >= 0.3 is 0 Å². The zero-order chi connectivity index (χ0) is 21.8. The lowest BCUT2D eigenvalue weighted by Crippen LogP contribution is -2.36. The number of nitrogens with zero attached hydrogens (tertiary/aromatic N) is 3. The zero-order valence-electron chi connectivity index (χ0n) is 17.8. The quantitative estimate of drug-likeness (QED) is 0.571. The molecule has 0 aromatic heterocycles. The predicted molar refractivity (Wildman–Crippen MR) is 121 cm³/mol. The van der Waals surface area contributed by atoms with Crippen LogP contribution >= 0.6 is 0 Å². The van der Waals surface area contributed by atoms with Crippen molar-refractivity contribution in [3.63, 3.8) is 0 Å². The van der Waals surface area contributed by atoms with E-state index in [1.165, 1.54) is 11.1 Å². The normalized spacial score (nSPS) is 15.9. The number of halogens is 1. The number of hydrogen-bond acceptors (Lipinski definition) is 3. The summed E-state index contributed by atoms with van der Waals surface area (Å²) < 4.78 is 14.6. The van der Waals surface area contributed by atoms with Gasteiger partial charge in [-0.05, 0) is 31.2 Å². The number of hydrazone groups is 1. The molecule has 1 aliphatic heterocycles. The molecular weight excluding hydrogens is 389 g/mol. The molecule has 0 aliphatic carbocycles. The van der Waals surface area contributed by atoms with Crippen molar-refractivity contribution in [2.24, 2.45) is 5.10 Å². The first-order chi connectivity index (χ1) is 15.0.